The van der Waals surface area contributed by atoms with Crippen LogP contribution in [0, 0.1) is 0 Å². The number of benzene rings is 1. The van der Waals surface area contributed by atoms with Gasteiger partial charge < -0.3 is 19.5 Å². The van der Waals surface area contributed by atoms with Gasteiger partial charge in [0.15, 0.2) is 11.5 Å². The number of nitrogens with one attached hydrogen (secondary N) is 1. The first-order valence-corrected chi connectivity index (χ1v) is 8.53. The Morgan fingerprint density at radius 2 is 1.59 bits per heavy atom. The second-order valence-corrected chi connectivity index (χ2v) is 8.20. The number of methoxy groups -OCH3 is 3. The fourth-order valence-corrected chi connectivity index (χ4v) is 2.88. The molecule has 0 saturated carbocycles. The zero-order valence-corrected chi connectivity index (χ0v) is 15.1. The molecule has 1 rings (SSSR count). The molecule has 0 aliphatic rings. The molecular weight excluding hydrogens is 302 g/mol. The minimum absolute atomic E-state index is 0.172. The average Bonchev–Trinajstić information content (AvgIpc) is 2.49. The maximum atomic E-state index is 12.0. The summed E-state index contributed by atoms with van der Waals surface area (Å²) in [5.74, 6) is 2.49. The van der Waals surface area contributed by atoms with Gasteiger partial charge in [0.1, 0.15) is 0 Å². The highest BCUT2D eigenvalue weighted by atomic mass is 32.2. The van der Waals surface area contributed by atoms with Crippen LogP contribution in [-0.2, 0) is 17.3 Å². The minimum atomic E-state index is -0.844. The lowest BCUT2D eigenvalue weighted by molar-refractivity contribution is 0.323. The predicted molar refractivity (Wildman–Crippen MR) is 90.6 cm³/mol. The fraction of sp³-hybridized carbons (Fsp3) is 0.625. The second-order valence-electron chi connectivity index (χ2n) is 5.87. The highest BCUT2D eigenvalue weighted by molar-refractivity contribution is 7.86. The third-order valence-electron chi connectivity index (χ3n) is 3.20. The second kappa shape index (κ2) is 8.39. The van der Waals surface area contributed by atoms with Crippen molar-refractivity contribution in [2.45, 2.75) is 32.1 Å². The molecular formula is C16H27NO4S. The summed E-state index contributed by atoms with van der Waals surface area (Å²) >= 11 is 0. The average molecular weight is 329 g/mol. The van der Waals surface area contributed by atoms with Gasteiger partial charge in [-0.3, -0.25) is 4.21 Å². The van der Waals surface area contributed by atoms with Crippen LogP contribution in [0.5, 0.6) is 17.2 Å². The molecule has 1 aromatic carbocycles. The van der Waals surface area contributed by atoms with Crippen molar-refractivity contribution in [3.05, 3.63) is 17.7 Å². The van der Waals surface area contributed by atoms with E-state index in [1.807, 2.05) is 32.9 Å². The Morgan fingerprint density at radius 3 is 2.00 bits per heavy atom. The van der Waals surface area contributed by atoms with E-state index < -0.39 is 10.8 Å². The molecule has 0 fully saturated rings. The van der Waals surface area contributed by atoms with Crippen molar-refractivity contribution in [1.29, 1.82) is 0 Å². The number of hydrogen-bond donors (Lipinski definition) is 1. The Kier molecular flexibility index (Phi) is 7.16. The molecule has 0 unspecified atom stereocenters. The zero-order chi connectivity index (χ0) is 16.8. The maximum absolute atomic E-state index is 12.0. The van der Waals surface area contributed by atoms with Gasteiger partial charge in [0.25, 0.3) is 0 Å². The monoisotopic (exact) mass is 329 g/mol. The van der Waals surface area contributed by atoms with Gasteiger partial charge in [-0.15, -0.1) is 0 Å². The summed E-state index contributed by atoms with van der Waals surface area (Å²) in [7, 11) is 3.94. The first-order valence-electron chi connectivity index (χ1n) is 7.21. The normalized spacial score (nSPS) is 12.8. The highest BCUT2D eigenvalue weighted by Crippen LogP contribution is 2.38. The van der Waals surface area contributed by atoms with E-state index in [2.05, 4.69) is 5.32 Å². The van der Waals surface area contributed by atoms with E-state index in [1.54, 1.807) is 21.3 Å². The summed E-state index contributed by atoms with van der Waals surface area (Å²) in [5, 5.41) is 3.30. The molecule has 0 aromatic heterocycles. The summed E-state index contributed by atoms with van der Waals surface area (Å²) in [6.07, 6.45) is 0. The van der Waals surface area contributed by atoms with Crippen LogP contribution in [0.2, 0.25) is 0 Å². The molecule has 0 radical (unpaired) electrons. The van der Waals surface area contributed by atoms with E-state index in [4.69, 9.17) is 14.2 Å². The highest BCUT2D eigenvalue weighted by Gasteiger charge is 2.18. The largest absolute Gasteiger partial charge is 0.493 e. The molecule has 0 heterocycles. The number of ether oxygens (including phenoxy) is 3. The molecule has 0 aliphatic heterocycles. The molecule has 5 nitrogen and oxygen atoms in total. The smallest absolute Gasteiger partial charge is 0.203 e. The van der Waals surface area contributed by atoms with Gasteiger partial charge in [-0.25, -0.2) is 0 Å². The summed E-state index contributed by atoms with van der Waals surface area (Å²) in [6, 6.07) is 3.82. The molecule has 1 N–H and O–H groups in total. The quantitative estimate of drug-likeness (QED) is 0.742. The molecule has 126 valence electrons. The molecule has 0 spiro atoms. The molecule has 0 bridgehead atoms. The van der Waals surface area contributed by atoms with Crippen LogP contribution < -0.4 is 19.5 Å². The van der Waals surface area contributed by atoms with Gasteiger partial charge in [0, 0.05) is 34.4 Å². The lowest BCUT2D eigenvalue weighted by Gasteiger charge is -2.18. The first kappa shape index (κ1) is 18.8. The Balaban J connectivity index is 2.65. The summed E-state index contributed by atoms with van der Waals surface area (Å²) < 4.78 is 27.8. The third-order valence-corrected chi connectivity index (χ3v) is 5.14. The number of hydrogen-bond acceptors (Lipinski definition) is 5. The third kappa shape index (κ3) is 5.18. The van der Waals surface area contributed by atoms with Gasteiger partial charge in [-0.05, 0) is 38.5 Å². The van der Waals surface area contributed by atoms with E-state index in [-0.39, 0.29) is 4.75 Å². The predicted octanol–water partition coefficient (Wildman–Crippen LogP) is 2.35. The summed E-state index contributed by atoms with van der Waals surface area (Å²) in [4.78, 5) is 0. The standard InChI is InChI=1S/C16H27NO4S/c1-16(2,3)22(18)8-7-17-11-12-9-13(19-4)15(21-6)14(10-12)20-5/h9-10,17H,7-8,11H2,1-6H3/t22-/m1/s1. The van der Waals surface area contributed by atoms with Crippen molar-refractivity contribution in [2.24, 2.45) is 0 Å². The lowest BCUT2D eigenvalue weighted by atomic mass is 10.2. The Labute approximate surface area is 135 Å². The molecule has 22 heavy (non-hydrogen) atoms. The minimum Gasteiger partial charge on any atom is -0.493 e. The van der Waals surface area contributed by atoms with Crippen LogP contribution in [0.4, 0.5) is 0 Å². The van der Waals surface area contributed by atoms with Crippen LogP contribution in [-0.4, -0.2) is 42.6 Å². The Bertz CT molecular complexity index is 486. The van der Waals surface area contributed by atoms with Crippen molar-refractivity contribution in [3.63, 3.8) is 0 Å². The van der Waals surface area contributed by atoms with E-state index in [9.17, 15) is 4.21 Å². The van der Waals surface area contributed by atoms with Crippen LogP contribution in [0.3, 0.4) is 0 Å². The van der Waals surface area contributed by atoms with Gasteiger partial charge in [-0.1, -0.05) is 0 Å². The van der Waals surface area contributed by atoms with Crippen molar-refractivity contribution in [3.8, 4) is 17.2 Å². The zero-order valence-electron chi connectivity index (χ0n) is 14.3. The summed E-state index contributed by atoms with van der Waals surface area (Å²) in [6.45, 7) is 7.31. The summed E-state index contributed by atoms with van der Waals surface area (Å²) in [5.41, 5.74) is 1.02. The molecule has 6 heteroatoms. The van der Waals surface area contributed by atoms with E-state index in [0.717, 1.165) is 5.56 Å². The maximum Gasteiger partial charge on any atom is 0.203 e. The van der Waals surface area contributed by atoms with Gasteiger partial charge in [0.2, 0.25) is 5.75 Å². The van der Waals surface area contributed by atoms with Crippen molar-refractivity contribution in [2.75, 3.05) is 33.6 Å². The molecule has 0 aliphatic carbocycles. The van der Waals surface area contributed by atoms with Crippen LogP contribution in [0.25, 0.3) is 0 Å². The fourth-order valence-electron chi connectivity index (χ4n) is 1.94. The number of rotatable bonds is 8. The lowest BCUT2D eigenvalue weighted by Crippen LogP contribution is -2.29. The molecule has 0 amide bonds. The van der Waals surface area contributed by atoms with Gasteiger partial charge in [0.05, 0.1) is 21.3 Å². The Hall–Kier alpha value is -1.27. The van der Waals surface area contributed by atoms with E-state index in [1.165, 1.54) is 0 Å². The van der Waals surface area contributed by atoms with Crippen molar-refractivity contribution >= 4 is 10.8 Å². The van der Waals surface area contributed by atoms with Crippen molar-refractivity contribution in [1.82, 2.24) is 5.32 Å². The van der Waals surface area contributed by atoms with E-state index >= 15 is 0 Å². The molecule has 1 aromatic rings. The van der Waals surface area contributed by atoms with Gasteiger partial charge in [-0.2, -0.15) is 0 Å². The van der Waals surface area contributed by atoms with Crippen molar-refractivity contribution < 1.29 is 18.4 Å². The molecule has 1 atom stereocenters. The molecule has 0 saturated heterocycles. The van der Waals surface area contributed by atoms with Crippen LogP contribution in [0.15, 0.2) is 12.1 Å². The van der Waals surface area contributed by atoms with Crippen LogP contribution in [0.1, 0.15) is 26.3 Å². The van der Waals surface area contributed by atoms with Crippen LogP contribution >= 0.6 is 0 Å². The SMILES string of the molecule is COc1cc(CNCC[S@@](=O)C(C)(C)C)cc(OC)c1OC. The van der Waals surface area contributed by atoms with E-state index in [0.29, 0.717) is 36.1 Å². The first-order chi connectivity index (χ1) is 10.3. The topological polar surface area (TPSA) is 56.8 Å². The Morgan fingerprint density at radius 1 is 1.05 bits per heavy atom. The van der Waals surface area contributed by atoms with Gasteiger partial charge >= 0.3 is 0 Å².